The molecule has 0 bridgehead atoms. The molecule has 0 fully saturated rings. The maximum Gasteiger partial charge on any atom is 0.327 e. The second-order valence-corrected chi connectivity index (χ2v) is 4.16. The minimum Gasteiger partial charge on any atom is -0.508 e. The molecule has 0 unspecified atom stereocenters. The van der Waals surface area contributed by atoms with Crippen LogP contribution in [0, 0.1) is 0 Å². The van der Waals surface area contributed by atoms with Gasteiger partial charge in [0.05, 0.1) is 20.1 Å². The van der Waals surface area contributed by atoms with Crippen molar-refractivity contribution >= 4 is 5.97 Å². The van der Waals surface area contributed by atoms with Gasteiger partial charge >= 0.3 is 5.97 Å². The molecule has 0 saturated carbocycles. The molecular weight excluding hydrogens is 254 g/mol. The van der Waals surface area contributed by atoms with Gasteiger partial charge in [-0.15, -0.1) is 0 Å². The van der Waals surface area contributed by atoms with Gasteiger partial charge in [0.15, 0.2) is 0 Å². The van der Waals surface area contributed by atoms with Crippen molar-refractivity contribution in [2.75, 3.05) is 20.1 Å². The Hall–Kier alpha value is -1.67. The van der Waals surface area contributed by atoms with E-state index in [1.54, 1.807) is 0 Å². The smallest absolute Gasteiger partial charge is 0.327 e. The third-order valence-corrected chi connectivity index (χ3v) is 3.04. The lowest BCUT2D eigenvalue weighted by atomic mass is 9.90. The number of aromatic hydroxyl groups is 1. The molecule has 1 aromatic carbocycles. The quantitative estimate of drug-likeness (QED) is 0.401. The molecule has 0 amide bonds. The van der Waals surface area contributed by atoms with E-state index in [1.807, 2.05) is 0 Å². The Bertz CT molecular complexity index is 417. The molecule has 0 aromatic heterocycles. The van der Waals surface area contributed by atoms with E-state index in [2.05, 4.69) is 0 Å². The third-order valence-electron chi connectivity index (χ3n) is 3.04. The van der Waals surface area contributed by atoms with Gasteiger partial charge in [-0.25, -0.2) is 4.90 Å². The first kappa shape index (κ1) is 15.4. The lowest BCUT2D eigenvalue weighted by molar-refractivity contribution is -0.164. The van der Waals surface area contributed by atoms with Crippen LogP contribution in [0.4, 0.5) is 0 Å². The van der Waals surface area contributed by atoms with Crippen molar-refractivity contribution in [2.24, 2.45) is 0 Å². The standard InChI is InChI=1S/C12H17NO6/c14-6-12(11(18)19,13(7-15)8-16)5-9-1-3-10(17)4-2-9/h1-4,14-17H,5-8H2,(H,18,19)/t12-/m1/s1. The molecule has 0 radical (unpaired) electrons. The van der Waals surface area contributed by atoms with E-state index in [0.717, 1.165) is 4.90 Å². The summed E-state index contributed by atoms with van der Waals surface area (Å²) in [5.74, 6) is -1.32. The highest BCUT2D eigenvalue weighted by Gasteiger charge is 2.43. The van der Waals surface area contributed by atoms with Gasteiger partial charge in [-0.3, -0.25) is 4.79 Å². The number of carboxylic acid groups (broad SMARTS) is 1. The lowest BCUT2D eigenvalue weighted by Gasteiger charge is -2.36. The van der Waals surface area contributed by atoms with Crippen LogP contribution in [0.15, 0.2) is 24.3 Å². The molecule has 0 aliphatic heterocycles. The van der Waals surface area contributed by atoms with E-state index >= 15 is 0 Å². The molecule has 0 spiro atoms. The number of hydrogen-bond donors (Lipinski definition) is 5. The maximum atomic E-state index is 11.4. The maximum absolute atomic E-state index is 11.4. The Labute approximate surface area is 110 Å². The van der Waals surface area contributed by atoms with Crippen LogP contribution < -0.4 is 0 Å². The average molecular weight is 271 g/mol. The molecule has 19 heavy (non-hydrogen) atoms. The minimum absolute atomic E-state index is 0.0369. The summed E-state index contributed by atoms with van der Waals surface area (Å²) in [4.78, 5) is 12.3. The summed E-state index contributed by atoms with van der Waals surface area (Å²) >= 11 is 0. The Morgan fingerprint density at radius 2 is 1.63 bits per heavy atom. The Kier molecular flexibility index (Phi) is 5.25. The highest BCUT2D eigenvalue weighted by Crippen LogP contribution is 2.22. The Morgan fingerprint density at radius 1 is 1.11 bits per heavy atom. The number of nitrogens with zero attached hydrogens (tertiary/aromatic N) is 1. The van der Waals surface area contributed by atoms with Crippen molar-refractivity contribution in [1.29, 1.82) is 0 Å². The lowest BCUT2D eigenvalue weighted by Crippen LogP contribution is -2.59. The van der Waals surface area contributed by atoms with E-state index in [9.17, 15) is 15.0 Å². The molecule has 106 valence electrons. The fraction of sp³-hybridized carbons (Fsp3) is 0.417. The van der Waals surface area contributed by atoms with Crippen LogP contribution in [-0.2, 0) is 11.2 Å². The first-order valence-corrected chi connectivity index (χ1v) is 5.59. The van der Waals surface area contributed by atoms with E-state index in [4.69, 9.17) is 15.3 Å². The van der Waals surface area contributed by atoms with Crippen LogP contribution in [0.1, 0.15) is 5.56 Å². The van der Waals surface area contributed by atoms with Gasteiger partial charge in [-0.05, 0) is 17.7 Å². The predicted molar refractivity (Wildman–Crippen MR) is 65.3 cm³/mol. The van der Waals surface area contributed by atoms with E-state index in [-0.39, 0.29) is 12.2 Å². The molecule has 1 aromatic rings. The van der Waals surface area contributed by atoms with Crippen molar-refractivity contribution < 1.29 is 30.3 Å². The van der Waals surface area contributed by atoms with Crippen molar-refractivity contribution in [2.45, 2.75) is 12.0 Å². The van der Waals surface area contributed by atoms with Crippen LogP contribution in [-0.4, -0.2) is 62.0 Å². The molecule has 0 aliphatic rings. The summed E-state index contributed by atoms with van der Waals surface area (Å²) in [5.41, 5.74) is -1.28. The summed E-state index contributed by atoms with van der Waals surface area (Å²) in [6.45, 7) is -2.19. The van der Waals surface area contributed by atoms with Crippen LogP contribution in [0.25, 0.3) is 0 Å². The number of benzene rings is 1. The molecule has 7 heteroatoms. The van der Waals surface area contributed by atoms with Crippen LogP contribution in [0.3, 0.4) is 0 Å². The number of phenols is 1. The normalized spacial score (nSPS) is 14.3. The fourth-order valence-corrected chi connectivity index (χ4v) is 1.81. The molecule has 5 N–H and O–H groups in total. The summed E-state index contributed by atoms with van der Waals surface area (Å²) < 4.78 is 0. The molecule has 0 aliphatic carbocycles. The zero-order valence-electron chi connectivity index (χ0n) is 10.2. The van der Waals surface area contributed by atoms with Gasteiger partial charge in [-0.2, -0.15) is 0 Å². The first-order valence-electron chi connectivity index (χ1n) is 5.59. The Balaban J connectivity index is 3.09. The van der Waals surface area contributed by atoms with Crippen molar-refractivity contribution in [3.63, 3.8) is 0 Å². The zero-order chi connectivity index (χ0) is 14.5. The largest absolute Gasteiger partial charge is 0.508 e. The molecule has 7 nitrogen and oxygen atoms in total. The van der Waals surface area contributed by atoms with Crippen molar-refractivity contribution in [3.8, 4) is 5.75 Å². The fourth-order valence-electron chi connectivity index (χ4n) is 1.81. The summed E-state index contributed by atoms with van der Waals surface area (Å²) in [7, 11) is 0. The highest BCUT2D eigenvalue weighted by atomic mass is 16.4. The predicted octanol–water partition coefficient (Wildman–Crippen LogP) is -1.05. The second kappa shape index (κ2) is 6.48. The van der Waals surface area contributed by atoms with Crippen molar-refractivity contribution in [1.82, 2.24) is 4.90 Å². The molecule has 1 rings (SSSR count). The topological polar surface area (TPSA) is 121 Å². The van der Waals surface area contributed by atoms with Gasteiger partial charge in [-0.1, -0.05) is 12.1 Å². The number of aliphatic hydroxyl groups is 3. The molecular formula is C12H17NO6. The number of carboxylic acids is 1. The van der Waals surface area contributed by atoms with Crippen LogP contribution in [0.5, 0.6) is 5.75 Å². The van der Waals surface area contributed by atoms with Gasteiger partial charge in [0.25, 0.3) is 0 Å². The van der Waals surface area contributed by atoms with Gasteiger partial charge in [0.1, 0.15) is 11.3 Å². The number of aliphatic carboxylic acids is 1. The van der Waals surface area contributed by atoms with Gasteiger partial charge < -0.3 is 25.5 Å². The average Bonchev–Trinajstić information content (AvgIpc) is 2.40. The summed E-state index contributed by atoms with van der Waals surface area (Å²) in [6.07, 6.45) is -0.125. The first-order chi connectivity index (χ1) is 9.00. The Morgan fingerprint density at radius 3 is 2.00 bits per heavy atom. The zero-order valence-corrected chi connectivity index (χ0v) is 10.2. The van der Waals surface area contributed by atoms with Crippen LogP contribution >= 0.6 is 0 Å². The van der Waals surface area contributed by atoms with Gasteiger partial charge in [0.2, 0.25) is 0 Å². The minimum atomic E-state index is -1.82. The molecule has 0 saturated heterocycles. The van der Waals surface area contributed by atoms with E-state index < -0.39 is 31.6 Å². The number of carbonyl (C=O) groups is 1. The van der Waals surface area contributed by atoms with E-state index in [0.29, 0.717) is 5.56 Å². The monoisotopic (exact) mass is 271 g/mol. The second-order valence-electron chi connectivity index (χ2n) is 4.16. The third kappa shape index (κ3) is 3.21. The molecule has 1 atom stereocenters. The number of aliphatic hydroxyl groups excluding tert-OH is 3. The van der Waals surface area contributed by atoms with Crippen LogP contribution in [0.2, 0.25) is 0 Å². The van der Waals surface area contributed by atoms with E-state index in [1.165, 1.54) is 24.3 Å². The highest BCUT2D eigenvalue weighted by molar-refractivity contribution is 5.79. The number of rotatable bonds is 7. The summed E-state index contributed by atoms with van der Waals surface area (Å²) in [5, 5.41) is 46.1. The van der Waals surface area contributed by atoms with Gasteiger partial charge in [0, 0.05) is 6.42 Å². The number of hydrogen-bond acceptors (Lipinski definition) is 6. The molecule has 0 heterocycles. The SMILES string of the molecule is O=C(O)[C@](CO)(Cc1ccc(O)cc1)N(CO)CO. The number of phenolic OH excluding ortho intramolecular Hbond substituents is 1. The summed E-state index contributed by atoms with van der Waals surface area (Å²) in [6, 6.07) is 5.80. The van der Waals surface area contributed by atoms with Crippen molar-refractivity contribution in [3.05, 3.63) is 29.8 Å².